The summed E-state index contributed by atoms with van der Waals surface area (Å²) < 4.78 is 6.01. The van der Waals surface area contributed by atoms with Crippen LogP contribution in [0.5, 0.6) is 0 Å². The van der Waals surface area contributed by atoms with Crippen molar-refractivity contribution in [1.29, 1.82) is 0 Å². The fourth-order valence-electron chi connectivity index (χ4n) is 3.61. The largest absolute Gasteiger partial charge is 0.389 e. The van der Waals surface area contributed by atoms with Crippen LogP contribution in [0.4, 0.5) is 0 Å². The van der Waals surface area contributed by atoms with Crippen molar-refractivity contribution >= 4 is 0 Å². The molecule has 2 rings (SSSR count). The number of aliphatic hydroxyl groups is 1. The van der Waals surface area contributed by atoms with Gasteiger partial charge in [-0.25, -0.2) is 0 Å². The van der Waals surface area contributed by atoms with E-state index in [9.17, 15) is 5.11 Å². The Morgan fingerprint density at radius 3 is 2.56 bits per heavy atom. The fraction of sp³-hybridized carbons (Fsp3) is 1.00. The molecule has 0 aromatic heterocycles. The zero-order valence-electron chi connectivity index (χ0n) is 12.2. The molecule has 106 valence electrons. The minimum absolute atomic E-state index is 0.0698. The Bertz CT molecular complexity index is 274. The molecule has 0 aromatic carbocycles. The predicted octanol–water partition coefficient (Wildman–Crippen LogP) is 2.62. The van der Waals surface area contributed by atoms with E-state index in [4.69, 9.17) is 4.74 Å². The smallest absolute Gasteiger partial charge is 0.0772 e. The summed E-state index contributed by atoms with van der Waals surface area (Å²) in [5.41, 5.74) is -0.445. The second-order valence-corrected chi connectivity index (χ2v) is 6.40. The van der Waals surface area contributed by atoms with Crippen molar-refractivity contribution in [2.75, 3.05) is 6.61 Å². The molecule has 3 unspecified atom stereocenters. The third-order valence-electron chi connectivity index (χ3n) is 5.14. The maximum atomic E-state index is 10.3. The highest BCUT2D eigenvalue weighted by atomic mass is 16.5. The SMILES string of the molecule is CCC1(CC)CC(NC2CCCC2(C)O)CCO1. The molecule has 3 nitrogen and oxygen atoms in total. The van der Waals surface area contributed by atoms with Gasteiger partial charge in [-0.05, 0) is 51.9 Å². The summed E-state index contributed by atoms with van der Waals surface area (Å²) in [7, 11) is 0. The van der Waals surface area contributed by atoms with Crippen LogP contribution < -0.4 is 5.32 Å². The van der Waals surface area contributed by atoms with Crippen LogP contribution in [0.3, 0.4) is 0 Å². The summed E-state index contributed by atoms with van der Waals surface area (Å²) in [6.45, 7) is 7.27. The fourth-order valence-corrected chi connectivity index (χ4v) is 3.61. The number of nitrogens with one attached hydrogen (secondary N) is 1. The van der Waals surface area contributed by atoms with Crippen LogP contribution in [0.25, 0.3) is 0 Å². The van der Waals surface area contributed by atoms with Gasteiger partial charge in [0.25, 0.3) is 0 Å². The minimum atomic E-state index is -0.514. The van der Waals surface area contributed by atoms with E-state index < -0.39 is 5.60 Å². The maximum Gasteiger partial charge on any atom is 0.0772 e. The van der Waals surface area contributed by atoms with Gasteiger partial charge in [-0.2, -0.15) is 0 Å². The van der Waals surface area contributed by atoms with Crippen LogP contribution >= 0.6 is 0 Å². The Labute approximate surface area is 111 Å². The molecule has 0 aromatic rings. The van der Waals surface area contributed by atoms with Gasteiger partial charge in [0.05, 0.1) is 11.2 Å². The summed E-state index contributed by atoms with van der Waals surface area (Å²) in [6, 6.07) is 0.778. The molecule has 18 heavy (non-hydrogen) atoms. The molecule has 1 aliphatic heterocycles. The van der Waals surface area contributed by atoms with Crippen molar-refractivity contribution in [2.45, 2.75) is 89.0 Å². The zero-order chi connectivity index (χ0) is 13.2. The lowest BCUT2D eigenvalue weighted by atomic mass is 9.85. The first-order chi connectivity index (χ1) is 8.51. The highest BCUT2D eigenvalue weighted by Crippen LogP contribution is 2.34. The van der Waals surface area contributed by atoms with Crippen LogP contribution in [0, 0.1) is 0 Å². The van der Waals surface area contributed by atoms with Gasteiger partial charge in [0.1, 0.15) is 0 Å². The van der Waals surface area contributed by atoms with Crippen molar-refractivity contribution in [3.63, 3.8) is 0 Å². The van der Waals surface area contributed by atoms with Crippen molar-refractivity contribution in [1.82, 2.24) is 5.32 Å². The van der Waals surface area contributed by atoms with Crippen molar-refractivity contribution in [3.05, 3.63) is 0 Å². The van der Waals surface area contributed by atoms with Gasteiger partial charge in [-0.15, -0.1) is 0 Å². The molecule has 2 N–H and O–H groups in total. The maximum absolute atomic E-state index is 10.3. The second-order valence-electron chi connectivity index (χ2n) is 6.40. The molecule has 1 heterocycles. The summed E-state index contributed by atoms with van der Waals surface area (Å²) in [6.07, 6.45) is 7.52. The van der Waals surface area contributed by atoms with Gasteiger partial charge in [-0.1, -0.05) is 13.8 Å². The number of hydrogen-bond acceptors (Lipinski definition) is 3. The highest BCUT2D eigenvalue weighted by molar-refractivity contribution is 4.97. The molecular formula is C15H29NO2. The third-order valence-corrected chi connectivity index (χ3v) is 5.14. The van der Waals surface area contributed by atoms with E-state index in [2.05, 4.69) is 19.2 Å². The van der Waals surface area contributed by atoms with Crippen LogP contribution in [-0.2, 0) is 4.74 Å². The summed E-state index contributed by atoms with van der Waals surface area (Å²) >= 11 is 0. The molecule has 2 fully saturated rings. The average Bonchev–Trinajstić information content (AvgIpc) is 2.69. The Kier molecular flexibility index (Phi) is 4.35. The third kappa shape index (κ3) is 2.89. The van der Waals surface area contributed by atoms with Gasteiger partial charge < -0.3 is 15.2 Å². The standard InChI is InChI=1S/C15H29NO2/c1-4-15(5-2)11-12(8-10-18-15)16-13-7-6-9-14(13,3)17/h12-13,16-17H,4-11H2,1-3H3. The van der Waals surface area contributed by atoms with Gasteiger partial charge in [0.15, 0.2) is 0 Å². The molecule has 1 aliphatic carbocycles. The van der Waals surface area contributed by atoms with Gasteiger partial charge >= 0.3 is 0 Å². The molecule has 2 aliphatic rings. The number of hydrogen-bond donors (Lipinski definition) is 2. The zero-order valence-corrected chi connectivity index (χ0v) is 12.2. The molecule has 0 spiro atoms. The van der Waals surface area contributed by atoms with Crippen molar-refractivity contribution in [3.8, 4) is 0 Å². The molecule has 3 atom stereocenters. The van der Waals surface area contributed by atoms with Gasteiger partial charge in [0, 0.05) is 18.7 Å². The Hall–Kier alpha value is -0.120. The molecule has 3 heteroatoms. The van der Waals surface area contributed by atoms with E-state index in [1.807, 2.05) is 6.92 Å². The first kappa shape index (κ1) is 14.3. The first-order valence-corrected chi connectivity index (χ1v) is 7.64. The van der Waals surface area contributed by atoms with E-state index in [0.717, 1.165) is 51.6 Å². The lowest BCUT2D eigenvalue weighted by Crippen LogP contribution is -2.53. The summed E-state index contributed by atoms with van der Waals surface area (Å²) in [5.74, 6) is 0. The summed E-state index contributed by atoms with van der Waals surface area (Å²) in [4.78, 5) is 0. The van der Waals surface area contributed by atoms with Crippen molar-refractivity contribution < 1.29 is 9.84 Å². The second kappa shape index (κ2) is 5.48. The average molecular weight is 255 g/mol. The molecule has 1 saturated carbocycles. The lowest BCUT2D eigenvalue weighted by Gasteiger charge is -2.42. The quantitative estimate of drug-likeness (QED) is 0.811. The van der Waals surface area contributed by atoms with E-state index >= 15 is 0 Å². The normalized spacial score (nSPS) is 40.0. The van der Waals surface area contributed by atoms with Crippen LogP contribution in [0.1, 0.15) is 65.7 Å². The number of rotatable bonds is 4. The van der Waals surface area contributed by atoms with E-state index in [0.29, 0.717) is 6.04 Å². The first-order valence-electron chi connectivity index (χ1n) is 7.64. The van der Waals surface area contributed by atoms with Crippen LogP contribution in [0.2, 0.25) is 0 Å². The molecule has 1 saturated heterocycles. The van der Waals surface area contributed by atoms with E-state index in [1.165, 1.54) is 0 Å². The Morgan fingerprint density at radius 2 is 2.00 bits per heavy atom. The van der Waals surface area contributed by atoms with Gasteiger partial charge in [-0.3, -0.25) is 0 Å². The monoisotopic (exact) mass is 255 g/mol. The van der Waals surface area contributed by atoms with Crippen LogP contribution in [-0.4, -0.2) is 35.0 Å². The van der Waals surface area contributed by atoms with E-state index in [1.54, 1.807) is 0 Å². The topological polar surface area (TPSA) is 41.5 Å². The number of ether oxygens (including phenoxy) is 1. The predicted molar refractivity (Wildman–Crippen MR) is 73.7 cm³/mol. The molecule has 0 bridgehead atoms. The van der Waals surface area contributed by atoms with Crippen molar-refractivity contribution in [2.24, 2.45) is 0 Å². The highest BCUT2D eigenvalue weighted by Gasteiger charge is 2.40. The molecule has 0 amide bonds. The lowest BCUT2D eigenvalue weighted by molar-refractivity contribution is -0.0970. The summed E-state index contributed by atoms with van der Waals surface area (Å²) in [5, 5.41) is 14.0. The van der Waals surface area contributed by atoms with E-state index in [-0.39, 0.29) is 11.6 Å². The Balaban J connectivity index is 1.93. The van der Waals surface area contributed by atoms with Gasteiger partial charge in [0.2, 0.25) is 0 Å². The van der Waals surface area contributed by atoms with Crippen LogP contribution in [0.15, 0.2) is 0 Å². The molecular weight excluding hydrogens is 226 g/mol. The Morgan fingerprint density at radius 1 is 1.28 bits per heavy atom. The molecule has 0 radical (unpaired) electrons. The minimum Gasteiger partial charge on any atom is -0.389 e.